The summed E-state index contributed by atoms with van der Waals surface area (Å²) < 4.78 is 1.82. The first-order chi connectivity index (χ1) is 12.8. The quantitative estimate of drug-likeness (QED) is 0.594. The molecule has 0 radical (unpaired) electrons. The molecule has 0 atom stereocenters. The SMILES string of the molecule is CC(=N)/C(Cc1cc2c(=O)n(C3CCCCC3)cnc2c(C)c1C)=C(/C)O. The fourth-order valence-electron chi connectivity index (χ4n) is 4.14. The van der Waals surface area contributed by atoms with Crippen molar-refractivity contribution < 1.29 is 5.11 Å². The molecule has 1 heterocycles. The molecule has 1 aromatic heterocycles. The third-order valence-corrected chi connectivity index (χ3v) is 5.97. The molecule has 1 saturated carbocycles. The summed E-state index contributed by atoms with van der Waals surface area (Å²) in [6.45, 7) is 7.29. The second-order valence-electron chi connectivity index (χ2n) is 7.80. The average Bonchev–Trinajstić information content (AvgIpc) is 2.64. The van der Waals surface area contributed by atoms with E-state index >= 15 is 0 Å². The van der Waals surface area contributed by atoms with E-state index in [1.165, 1.54) is 6.42 Å². The zero-order chi connectivity index (χ0) is 19.7. The molecular weight excluding hydrogens is 338 g/mol. The average molecular weight is 367 g/mol. The van der Waals surface area contributed by atoms with Crippen LogP contribution in [-0.4, -0.2) is 20.4 Å². The van der Waals surface area contributed by atoms with Crippen LogP contribution in [0.4, 0.5) is 0 Å². The number of nitrogens with one attached hydrogen (secondary N) is 1. The second-order valence-corrected chi connectivity index (χ2v) is 7.80. The normalized spacial score (nSPS) is 16.4. The molecule has 27 heavy (non-hydrogen) atoms. The van der Waals surface area contributed by atoms with Gasteiger partial charge in [-0.05, 0) is 63.3 Å². The van der Waals surface area contributed by atoms with Crippen molar-refractivity contribution in [2.24, 2.45) is 0 Å². The fraction of sp³-hybridized carbons (Fsp3) is 0.500. The summed E-state index contributed by atoms with van der Waals surface area (Å²) in [7, 11) is 0. The molecule has 5 nitrogen and oxygen atoms in total. The van der Waals surface area contributed by atoms with Gasteiger partial charge < -0.3 is 10.5 Å². The van der Waals surface area contributed by atoms with Crippen molar-refractivity contribution in [3.8, 4) is 0 Å². The van der Waals surface area contributed by atoms with Crippen LogP contribution in [0.2, 0.25) is 0 Å². The predicted octanol–water partition coefficient (Wildman–Crippen LogP) is 4.93. The molecule has 1 fully saturated rings. The molecular formula is C22H29N3O2. The zero-order valence-electron chi connectivity index (χ0n) is 16.7. The van der Waals surface area contributed by atoms with Gasteiger partial charge in [-0.2, -0.15) is 0 Å². The van der Waals surface area contributed by atoms with Crippen LogP contribution >= 0.6 is 0 Å². The van der Waals surface area contributed by atoms with E-state index in [4.69, 9.17) is 5.41 Å². The zero-order valence-corrected chi connectivity index (χ0v) is 16.7. The Balaban J connectivity index is 2.15. The lowest BCUT2D eigenvalue weighted by Gasteiger charge is -2.24. The molecule has 1 aliphatic rings. The summed E-state index contributed by atoms with van der Waals surface area (Å²) in [4.78, 5) is 17.8. The highest BCUT2D eigenvalue weighted by Crippen LogP contribution is 2.28. The van der Waals surface area contributed by atoms with Crippen LogP contribution < -0.4 is 5.56 Å². The first-order valence-corrected chi connectivity index (χ1v) is 9.75. The van der Waals surface area contributed by atoms with E-state index < -0.39 is 0 Å². The lowest BCUT2D eigenvalue weighted by atomic mass is 9.92. The molecule has 144 valence electrons. The number of allylic oxidation sites excluding steroid dienone is 2. The Bertz CT molecular complexity index is 975. The van der Waals surface area contributed by atoms with Crippen LogP contribution in [0.3, 0.4) is 0 Å². The number of aliphatic hydroxyl groups is 1. The van der Waals surface area contributed by atoms with Crippen LogP contribution in [0.25, 0.3) is 10.9 Å². The maximum absolute atomic E-state index is 13.2. The molecule has 0 aliphatic heterocycles. The Hall–Kier alpha value is -2.43. The minimum Gasteiger partial charge on any atom is -0.512 e. The van der Waals surface area contributed by atoms with E-state index in [0.29, 0.717) is 23.1 Å². The van der Waals surface area contributed by atoms with Gasteiger partial charge in [-0.3, -0.25) is 9.36 Å². The van der Waals surface area contributed by atoms with Gasteiger partial charge in [0.05, 0.1) is 23.0 Å². The van der Waals surface area contributed by atoms with Gasteiger partial charge in [-0.15, -0.1) is 0 Å². The second kappa shape index (κ2) is 7.67. The van der Waals surface area contributed by atoms with Crippen LogP contribution in [0.5, 0.6) is 0 Å². The smallest absolute Gasteiger partial charge is 0.261 e. The summed E-state index contributed by atoms with van der Waals surface area (Å²) in [5, 5.41) is 18.5. The Morgan fingerprint density at radius 1 is 1.22 bits per heavy atom. The molecule has 5 heteroatoms. The summed E-state index contributed by atoms with van der Waals surface area (Å²) >= 11 is 0. The van der Waals surface area contributed by atoms with Crippen molar-refractivity contribution in [2.45, 2.75) is 72.3 Å². The van der Waals surface area contributed by atoms with Crippen LogP contribution in [0, 0.1) is 19.3 Å². The highest BCUT2D eigenvalue weighted by molar-refractivity contribution is 5.96. The Morgan fingerprint density at radius 3 is 2.48 bits per heavy atom. The van der Waals surface area contributed by atoms with Gasteiger partial charge >= 0.3 is 0 Å². The number of hydrogen-bond acceptors (Lipinski definition) is 4. The number of rotatable bonds is 4. The molecule has 0 spiro atoms. The van der Waals surface area contributed by atoms with E-state index in [2.05, 4.69) is 4.98 Å². The van der Waals surface area contributed by atoms with Gasteiger partial charge in [0.25, 0.3) is 5.56 Å². The van der Waals surface area contributed by atoms with E-state index in [-0.39, 0.29) is 17.4 Å². The predicted molar refractivity (Wildman–Crippen MR) is 110 cm³/mol. The van der Waals surface area contributed by atoms with Gasteiger partial charge in [-0.25, -0.2) is 4.98 Å². The standard InChI is InChI=1S/C22H29N3O2/c1-13-14(2)21-20(11-17(13)10-19(15(3)23)16(4)26)22(27)25(12-24-21)18-8-6-5-7-9-18/h11-12,18,23,26H,5-10H2,1-4H3/b19-16-,23-15?. The van der Waals surface area contributed by atoms with Crippen LogP contribution in [0.15, 0.2) is 28.5 Å². The first kappa shape index (κ1) is 19.3. The van der Waals surface area contributed by atoms with E-state index in [9.17, 15) is 9.90 Å². The lowest BCUT2D eigenvalue weighted by molar-refractivity contribution is 0.345. The first-order valence-electron chi connectivity index (χ1n) is 9.75. The van der Waals surface area contributed by atoms with Crippen molar-refractivity contribution in [3.63, 3.8) is 0 Å². The number of fused-ring (bicyclic) bond motifs is 1. The van der Waals surface area contributed by atoms with Gasteiger partial charge in [0, 0.05) is 23.7 Å². The van der Waals surface area contributed by atoms with E-state index in [1.54, 1.807) is 20.2 Å². The maximum atomic E-state index is 13.2. The van der Waals surface area contributed by atoms with Crippen LogP contribution in [-0.2, 0) is 6.42 Å². The molecule has 3 rings (SSSR count). The van der Waals surface area contributed by atoms with E-state index in [1.807, 2.05) is 24.5 Å². The van der Waals surface area contributed by atoms with Crippen molar-refractivity contribution in [3.05, 3.63) is 50.8 Å². The van der Waals surface area contributed by atoms with Crippen molar-refractivity contribution >= 4 is 16.6 Å². The van der Waals surface area contributed by atoms with Gasteiger partial charge in [0.15, 0.2) is 0 Å². The Kier molecular flexibility index (Phi) is 5.49. The van der Waals surface area contributed by atoms with Gasteiger partial charge in [0.2, 0.25) is 0 Å². The molecule has 0 unspecified atom stereocenters. The molecule has 0 saturated heterocycles. The summed E-state index contributed by atoms with van der Waals surface area (Å²) in [6, 6.07) is 2.16. The fourth-order valence-corrected chi connectivity index (χ4v) is 4.14. The summed E-state index contributed by atoms with van der Waals surface area (Å²) in [5.74, 6) is 0.158. The van der Waals surface area contributed by atoms with Gasteiger partial charge in [-0.1, -0.05) is 19.3 Å². The molecule has 1 aromatic carbocycles. The Labute approximate surface area is 160 Å². The minimum absolute atomic E-state index is 0.0223. The molecule has 2 N–H and O–H groups in total. The third kappa shape index (κ3) is 3.68. The minimum atomic E-state index is 0.0223. The van der Waals surface area contributed by atoms with Crippen molar-refractivity contribution in [1.82, 2.24) is 9.55 Å². The Morgan fingerprint density at radius 2 is 1.89 bits per heavy atom. The molecule has 1 aliphatic carbocycles. The molecule has 0 amide bonds. The largest absolute Gasteiger partial charge is 0.512 e. The number of aryl methyl sites for hydroxylation is 1. The van der Waals surface area contributed by atoms with E-state index in [0.717, 1.165) is 47.9 Å². The monoisotopic (exact) mass is 367 g/mol. The highest BCUT2D eigenvalue weighted by Gasteiger charge is 2.20. The number of nitrogens with zero attached hydrogens (tertiary/aromatic N) is 2. The summed E-state index contributed by atoms with van der Waals surface area (Å²) in [6.07, 6.45) is 7.80. The lowest BCUT2D eigenvalue weighted by Crippen LogP contribution is -2.27. The number of hydrogen-bond donors (Lipinski definition) is 2. The van der Waals surface area contributed by atoms with Crippen molar-refractivity contribution in [1.29, 1.82) is 5.41 Å². The third-order valence-electron chi connectivity index (χ3n) is 5.97. The summed E-state index contributed by atoms with van der Waals surface area (Å²) in [5.41, 5.74) is 4.75. The van der Waals surface area contributed by atoms with Crippen LogP contribution in [0.1, 0.15) is 68.7 Å². The molecule has 2 aromatic rings. The number of aromatic nitrogens is 2. The van der Waals surface area contributed by atoms with Crippen molar-refractivity contribution in [2.75, 3.05) is 0 Å². The topological polar surface area (TPSA) is 79.0 Å². The molecule has 0 bridgehead atoms. The highest BCUT2D eigenvalue weighted by atomic mass is 16.3. The maximum Gasteiger partial charge on any atom is 0.261 e. The van der Waals surface area contributed by atoms with Gasteiger partial charge in [0.1, 0.15) is 0 Å². The number of aliphatic hydroxyl groups excluding tert-OH is 1. The number of benzene rings is 1.